The highest BCUT2D eigenvalue weighted by Gasteiger charge is 2.41. The van der Waals surface area contributed by atoms with E-state index in [4.69, 9.17) is 31.5 Å². The van der Waals surface area contributed by atoms with Crippen LogP contribution in [0.1, 0.15) is 62.2 Å². The number of carbonyl (C=O) groups excluding carboxylic acids is 2. The lowest BCUT2D eigenvalue weighted by Gasteiger charge is -2.45. The molecule has 9 nitrogen and oxygen atoms in total. The Labute approximate surface area is 231 Å². The SMILES string of the molecule is COc1cc(N)c(Cl)cc1C(=O)N[C@@]1(C)CCN(CCCCCC(=O)O[C@H]2CN3CCC2CC3)C[C@@H]1OC. The number of esters is 1. The molecule has 0 aromatic heterocycles. The monoisotopic (exact) mass is 550 g/mol. The Kier molecular flexibility index (Phi) is 9.79. The summed E-state index contributed by atoms with van der Waals surface area (Å²) in [5, 5.41) is 3.47. The minimum atomic E-state index is -0.542. The third-order valence-electron chi connectivity index (χ3n) is 8.56. The van der Waals surface area contributed by atoms with Crippen molar-refractivity contribution in [2.45, 2.75) is 69.6 Å². The molecule has 10 heteroatoms. The molecule has 4 heterocycles. The van der Waals surface area contributed by atoms with Gasteiger partial charge in [-0.05, 0) is 70.6 Å². The number of nitrogens with two attached hydrogens (primary N) is 1. The molecule has 4 fully saturated rings. The van der Waals surface area contributed by atoms with Gasteiger partial charge in [-0.25, -0.2) is 0 Å². The Morgan fingerprint density at radius 1 is 1.13 bits per heavy atom. The fourth-order valence-corrected chi connectivity index (χ4v) is 6.22. The molecule has 0 radical (unpaired) electrons. The van der Waals surface area contributed by atoms with Crippen molar-refractivity contribution < 1.29 is 23.8 Å². The lowest BCUT2D eigenvalue weighted by molar-refractivity contribution is -0.158. The Bertz CT molecular complexity index is 986. The van der Waals surface area contributed by atoms with Crippen molar-refractivity contribution in [3.05, 3.63) is 22.7 Å². The van der Waals surface area contributed by atoms with E-state index in [1.165, 1.54) is 13.2 Å². The van der Waals surface area contributed by atoms with E-state index < -0.39 is 5.54 Å². The predicted octanol–water partition coefficient (Wildman–Crippen LogP) is 3.34. The second-order valence-corrected chi connectivity index (χ2v) is 11.6. The molecule has 4 saturated heterocycles. The van der Waals surface area contributed by atoms with Crippen molar-refractivity contribution in [1.82, 2.24) is 15.1 Å². The number of nitrogens with one attached hydrogen (secondary N) is 1. The second-order valence-electron chi connectivity index (χ2n) is 11.2. The van der Waals surface area contributed by atoms with E-state index in [0.717, 1.165) is 71.2 Å². The van der Waals surface area contributed by atoms with Crippen molar-refractivity contribution >= 4 is 29.2 Å². The van der Waals surface area contributed by atoms with Gasteiger partial charge in [0, 0.05) is 39.2 Å². The van der Waals surface area contributed by atoms with Crippen molar-refractivity contribution in [3.8, 4) is 5.75 Å². The highest BCUT2D eigenvalue weighted by Crippen LogP contribution is 2.32. The molecule has 0 spiro atoms. The number of carbonyl (C=O) groups is 2. The number of hydrogen-bond donors (Lipinski definition) is 2. The summed E-state index contributed by atoms with van der Waals surface area (Å²) < 4.78 is 17.0. The van der Waals surface area contributed by atoms with Gasteiger partial charge < -0.3 is 30.2 Å². The minimum absolute atomic E-state index is 0.0494. The summed E-state index contributed by atoms with van der Waals surface area (Å²) in [6, 6.07) is 3.10. The molecule has 1 aromatic rings. The van der Waals surface area contributed by atoms with E-state index in [2.05, 4.69) is 15.1 Å². The molecule has 212 valence electrons. The van der Waals surface area contributed by atoms with E-state index in [-0.39, 0.29) is 24.1 Å². The van der Waals surface area contributed by atoms with Crippen LogP contribution in [0.2, 0.25) is 5.02 Å². The average Bonchev–Trinajstić information content (AvgIpc) is 2.91. The van der Waals surface area contributed by atoms with E-state index >= 15 is 0 Å². The van der Waals surface area contributed by atoms with E-state index in [9.17, 15) is 9.59 Å². The number of anilines is 1. The molecule has 3 atom stereocenters. The number of rotatable bonds is 11. The smallest absolute Gasteiger partial charge is 0.306 e. The maximum absolute atomic E-state index is 13.2. The Morgan fingerprint density at radius 3 is 2.55 bits per heavy atom. The highest BCUT2D eigenvalue weighted by molar-refractivity contribution is 6.33. The first-order valence-electron chi connectivity index (χ1n) is 13.8. The molecule has 0 saturated carbocycles. The lowest BCUT2D eigenvalue weighted by atomic mass is 9.86. The number of unbranched alkanes of at least 4 members (excludes halogenated alkanes) is 2. The van der Waals surface area contributed by atoms with Gasteiger partial charge in [-0.15, -0.1) is 0 Å². The van der Waals surface area contributed by atoms with Gasteiger partial charge in [0.05, 0.1) is 35.0 Å². The van der Waals surface area contributed by atoms with Crippen molar-refractivity contribution in [2.75, 3.05) is 59.2 Å². The minimum Gasteiger partial charge on any atom is -0.496 e. The maximum Gasteiger partial charge on any atom is 0.306 e. The van der Waals surface area contributed by atoms with Crippen LogP contribution in [0, 0.1) is 5.92 Å². The maximum atomic E-state index is 13.2. The molecule has 4 aliphatic rings. The molecule has 2 bridgehead atoms. The zero-order valence-corrected chi connectivity index (χ0v) is 23.7. The number of benzene rings is 1. The topological polar surface area (TPSA) is 106 Å². The molecule has 3 N–H and O–H groups in total. The number of nitrogen functional groups attached to an aromatic ring is 1. The molecular weight excluding hydrogens is 508 g/mol. The number of methoxy groups -OCH3 is 2. The molecule has 1 amide bonds. The molecular formula is C28H43ClN4O5. The van der Waals surface area contributed by atoms with Gasteiger partial charge in [0.15, 0.2) is 0 Å². The first kappa shape index (κ1) is 28.9. The van der Waals surface area contributed by atoms with Crippen LogP contribution >= 0.6 is 11.6 Å². The van der Waals surface area contributed by atoms with Crippen LogP contribution in [0.25, 0.3) is 0 Å². The number of fused-ring (bicyclic) bond motifs is 3. The summed E-state index contributed by atoms with van der Waals surface area (Å²) in [4.78, 5) is 30.3. The Balaban J connectivity index is 1.19. The zero-order valence-electron chi connectivity index (χ0n) is 23.0. The Hall–Kier alpha value is -2.07. The molecule has 1 aromatic carbocycles. The van der Waals surface area contributed by atoms with Crippen molar-refractivity contribution in [1.29, 1.82) is 0 Å². The fraction of sp³-hybridized carbons (Fsp3) is 0.714. The Morgan fingerprint density at radius 2 is 1.89 bits per heavy atom. The van der Waals surface area contributed by atoms with E-state index in [0.29, 0.717) is 40.9 Å². The van der Waals surface area contributed by atoms with Gasteiger partial charge in [0.25, 0.3) is 5.91 Å². The van der Waals surface area contributed by atoms with Gasteiger partial charge in [0.2, 0.25) is 0 Å². The number of likely N-dealkylation sites (tertiary alicyclic amines) is 1. The summed E-state index contributed by atoms with van der Waals surface area (Å²) in [5.74, 6) is 0.615. The molecule has 5 rings (SSSR count). The van der Waals surface area contributed by atoms with E-state index in [1.54, 1.807) is 13.2 Å². The fourth-order valence-electron chi connectivity index (χ4n) is 6.06. The largest absolute Gasteiger partial charge is 0.496 e. The van der Waals surface area contributed by atoms with Gasteiger partial charge in [-0.3, -0.25) is 14.5 Å². The third-order valence-corrected chi connectivity index (χ3v) is 8.89. The van der Waals surface area contributed by atoms with Crippen LogP contribution in [-0.2, 0) is 14.3 Å². The van der Waals surface area contributed by atoms with Crippen LogP contribution < -0.4 is 15.8 Å². The molecule has 0 unspecified atom stereocenters. The van der Waals surface area contributed by atoms with Crippen molar-refractivity contribution in [2.24, 2.45) is 5.92 Å². The van der Waals surface area contributed by atoms with Gasteiger partial charge in [-0.1, -0.05) is 18.0 Å². The molecule has 0 aliphatic carbocycles. The molecule has 38 heavy (non-hydrogen) atoms. The quantitative estimate of drug-likeness (QED) is 0.245. The van der Waals surface area contributed by atoms with Gasteiger partial charge in [0.1, 0.15) is 11.9 Å². The van der Waals surface area contributed by atoms with Gasteiger partial charge in [-0.2, -0.15) is 0 Å². The summed E-state index contributed by atoms with van der Waals surface area (Å²) in [6.45, 7) is 7.72. The number of nitrogens with zero attached hydrogens (tertiary/aromatic N) is 2. The first-order valence-corrected chi connectivity index (χ1v) is 14.2. The number of hydrogen-bond acceptors (Lipinski definition) is 8. The standard InChI is InChI=1S/C28H43ClN4O5/c1-28(31-27(35)20-15-21(29)22(30)16-23(20)36-2)10-14-32(18-25(28)37-3)11-6-4-5-7-26(34)38-24-17-33-12-8-19(24)9-13-33/h15-16,19,24-25H,4-14,17-18,30H2,1-3H3,(H,31,35)/t24-,25-,28-/m0/s1. The first-order chi connectivity index (χ1) is 18.2. The number of ether oxygens (including phenoxy) is 3. The number of piperidine rings is 4. The van der Waals surface area contributed by atoms with Crippen LogP contribution in [0.15, 0.2) is 12.1 Å². The number of amides is 1. The van der Waals surface area contributed by atoms with Crippen LogP contribution in [0.3, 0.4) is 0 Å². The van der Waals surface area contributed by atoms with Crippen LogP contribution in [-0.4, -0.2) is 92.9 Å². The third kappa shape index (κ3) is 6.92. The summed E-state index contributed by atoms with van der Waals surface area (Å²) in [6.07, 6.45) is 6.31. The summed E-state index contributed by atoms with van der Waals surface area (Å²) in [7, 11) is 3.18. The second kappa shape index (κ2) is 12.9. The van der Waals surface area contributed by atoms with Crippen LogP contribution in [0.4, 0.5) is 5.69 Å². The normalized spacial score (nSPS) is 29.2. The van der Waals surface area contributed by atoms with Crippen LogP contribution in [0.5, 0.6) is 5.75 Å². The van der Waals surface area contributed by atoms with Crippen molar-refractivity contribution in [3.63, 3.8) is 0 Å². The zero-order chi connectivity index (χ0) is 27.3. The number of halogens is 1. The summed E-state index contributed by atoms with van der Waals surface area (Å²) in [5.41, 5.74) is 6.03. The summed E-state index contributed by atoms with van der Waals surface area (Å²) >= 11 is 6.17. The predicted molar refractivity (Wildman–Crippen MR) is 148 cm³/mol. The van der Waals surface area contributed by atoms with E-state index in [1.807, 2.05) is 6.92 Å². The average molecular weight is 551 g/mol. The molecule has 4 aliphatic heterocycles. The van der Waals surface area contributed by atoms with Gasteiger partial charge >= 0.3 is 5.97 Å². The lowest BCUT2D eigenvalue weighted by Crippen LogP contribution is -2.63. The highest BCUT2D eigenvalue weighted by atomic mass is 35.5.